The van der Waals surface area contributed by atoms with Crippen molar-refractivity contribution in [1.29, 1.82) is 0 Å². The van der Waals surface area contributed by atoms with Gasteiger partial charge in [-0.05, 0) is 26.9 Å². The van der Waals surface area contributed by atoms with Crippen molar-refractivity contribution in [2.24, 2.45) is 0 Å². The molecule has 1 spiro atoms. The fourth-order valence-electron chi connectivity index (χ4n) is 3.79. The summed E-state index contributed by atoms with van der Waals surface area (Å²) in [6, 6.07) is 0. The summed E-state index contributed by atoms with van der Waals surface area (Å²) in [5.74, 6) is 1.39. The van der Waals surface area contributed by atoms with Crippen molar-refractivity contribution >= 4 is 6.09 Å². The molecule has 7 heteroatoms. The molecule has 4 heterocycles. The molecule has 1 atom stereocenters. The van der Waals surface area contributed by atoms with E-state index in [1.54, 1.807) is 4.90 Å². The molecule has 7 nitrogen and oxygen atoms in total. The van der Waals surface area contributed by atoms with Crippen LogP contribution in [0.4, 0.5) is 4.79 Å². The summed E-state index contributed by atoms with van der Waals surface area (Å²) in [5, 5.41) is 3.31. The summed E-state index contributed by atoms with van der Waals surface area (Å²) < 4.78 is 11.6. The molecule has 1 aromatic heterocycles. The van der Waals surface area contributed by atoms with Crippen molar-refractivity contribution in [3.63, 3.8) is 0 Å². The maximum atomic E-state index is 12.2. The minimum Gasteiger partial charge on any atom is -0.472 e. The van der Waals surface area contributed by atoms with E-state index in [0.717, 1.165) is 49.4 Å². The average Bonchev–Trinajstić information content (AvgIpc) is 3.02. The average molecular weight is 318 g/mol. The highest BCUT2D eigenvalue weighted by atomic mass is 16.6. The number of nitrogens with one attached hydrogen (secondary N) is 1. The Balaban J connectivity index is 1.44. The number of carbonyl (C=O) groups excluding carboxylic acids is 1. The molecule has 0 saturated carbocycles. The maximum Gasteiger partial charge on any atom is 0.410 e. The van der Waals surface area contributed by atoms with Crippen LogP contribution in [0.2, 0.25) is 0 Å². The van der Waals surface area contributed by atoms with Crippen LogP contribution in [0.25, 0.3) is 0 Å². The van der Waals surface area contributed by atoms with Gasteiger partial charge >= 0.3 is 6.09 Å². The summed E-state index contributed by atoms with van der Waals surface area (Å²) in [7, 11) is 0. The molecule has 0 unspecified atom stereocenters. The number of ether oxygens (including phenoxy) is 2. The Morgan fingerprint density at radius 1 is 1.30 bits per heavy atom. The minimum atomic E-state index is -0.305. The van der Waals surface area contributed by atoms with Gasteiger partial charge in [0.15, 0.2) is 0 Å². The number of carbonyl (C=O) groups is 1. The maximum absolute atomic E-state index is 12.2. The predicted molar refractivity (Wildman–Crippen MR) is 82.5 cm³/mol. The largest absolute Gasteiger partial charge is 0.472 e. The molecule has 0 radical (unpaired) electrons. The van der Waals surface area contributed by atoms with E-state index >= 15 is 0 Å². The molecular weight excluding hydrogens is 296 g/mol. The van der Waals surface area contributed by atoms with Crippen LogP contribution in [0.15, 0.2) is 0 Å². The van der Waals surface area contributed by atoms with Crippen molar-refractivity contribution in [2.45, 2.75) is 44.8 Å². The Kier molecular flexibility index (Phi) is 3.41. The number of hydrogen-bond donors (Lipinski definition) is 1. The molecule has 1 aromatic rings. The van der Waals surface area contributed by atoms with Crippen molar-refractivity contribution in [1.82, 2.24) is 20.2 Å². The molecular formula is C16H22N4O3. The SMILES string of the molecule is Cc1nc(C)c2c(n1)O[C@@H](CN1CC3(CCNCC3)OC1=O)C2. The quantitative estimate of drug-likeness (QED) is 0.876. The van der Waals surface area contributed by atoms with Crippen LogP contribution in [0.5, 0.6) is 5.88 Å². The van der Waals surface area contributed by atoms with Crippen LogP contribution in [-0.4, -0.2) is 58.8 Å². The van der Waals surface area contributed by atoms with E-state index in [4.69, 9.17) is 9.47 Å². The van der Waals surface area contributed by atoms with E-state index in [0.29, 0.717) is 19.0 Å². The van der Waals surface area contributed by atoms with E-state index in [-0.39, 0.29) is 17.8 Å². The molecule has 2 fully saturated rings. The fraction of sp³-hybridized carbons (Fsp3) is 0.688. The first-order chi connectivity index (χ1) is 11.0. The first kappa shape index (κ1) is 14.7. The molecule has 3 aliphatic heterocycles. The first-order valence-corrected chi connectivity index (χ1v) is 8.24. The molecule has 124 valence electrons. The van der Waals surface area contributed by atoms with Gasteiger partial charge in [-0.1, -0.05) is 0 Å². The summed E-state index contributed by atoms with van der Waals surface area (Å²) in [5.41, 5.74) is 1.72. The number of aromatic nitrogens is 2. The van der Waals surface area contributed by atoms with Gasteiger partial charge in [-0.25, -0.2) is 9.78 Å². The zero-order valence-corrected chi connectivity index (χ0v) is 13.6. The van der Waals surface area contributed by atoms with Gasteiger partial charge in [0, 0.05) is 30.5 Å². The van der Waals surface area contributed by atoms with Gasteiger partial charge in [0.25, 0.3) is 0 Å². The molecule has 0 bridgehead atoms. The monoisotopic (exact) mass is 318 g/mol. The Morgan fingerprint density at radius 3 is 2.87 bits per heavy atom. The number of rotatable bonds is 2. The zero-order valence-electron chi connectivity index (χ0n) is 13.6. The summed E-state index contributed by atoms with van der Waals surface area (Å²) in [4.78, 5) is 22.8. The van der Waals surface area contributed by atoms with Gasteiger partial charge in [0.1, 0.15) is 17.5 Å². The van der Waals surface area contributed by atoms with Crippen molar-refractivity contribution in [3.8, 4) is 5.88 Å². The number of piperidine rings is 1. The van der Waals surface area contributed by atoms with Crippen LogP contribution >= 0.6 is 0 Å². The third-order valence-electron chi connectivity index (χ3n) is 4.98. The molecule has 1 amide bonds. The van der Waals surface area contributed by atoms with Crippen molar-refractivity contribution in [3.05, 3.63) is 17.1 Å². The summed E-state index contributed by atoms with van der Waals surface area (Å²) >= 11 is 0. The van der Waals surface area contributed by atoms with Crippen molar-refractivity contribution < 1.29 is 14.3 Å². The summed E-state index contributed by atoms with van der Waals surface area (Å²) in [6.07, 6.45) is 2.23. The second-order valence-corrected chi connectivity index (χ2v) is 6.77. The third-order valence-corrected chi connectivity index (χ3v) is 4.98. The van der Waals surface area contributed by atoms with Crippen LogP contribution in [-0.2, 0) is 11.2 Å². The fourth-order valence-corrected chi connectivity index (χ4v) is 3.79. The standard InChI is InChI=1S/C16H22N4O3/c1-10-13-7-12(22-14(13)19-11(2)18-10)8-20-9-16(23-15(20)21)3-5-17-6-4-16/h12,17H,3-9H2,1-2H3/t12-/m1/s1. The van der Waals surface area contributed by atoms with Crippen LogP contribution < -0.4 is 10.1 Å². The minimum absolute atomic E-state index is 0.0655. The lowest BCUT2D eigenvalue weighted by Crippen LogP contribution is -2.45. The smallest absolute Gasteiger partial charge is 0.410 e. The highest BCUT2D eigenvalue weighted by Gasteiger charge is 2.46. The van der Waals surface area contributed by atoms with Crippen molar-refractivity contribution in [2.75, 3.05) is 26.2 Å². The van der Waals surface area contributed by atoms with E-state index in [1.807, 2.05) is 13.8 Å². The second kappa shape index (κ2) is 5.33. The number of hydrogen-bond acceptors (Lipinski definition) is 6. The lowest BCUT2D eigenvalue weighted by Gasteiger charge is -2.31. The Morgan fingerprint density at radius 2 is 2.09 bits per heavy atom. The molecule has 23 heavy (non-hydrogen) atoms. The predicted octanol–water partition coefficient (Wildman–Crippen LogP) is 0.971. The van der Waals surface area contributed by atoms with Gasteiger partial charge in [-0.2, -0.15) is 4.98 Å². The number of aryl methyl sites for hydroxylation is 2. The molecule has 0 aromatic carbocycles. The number of amides is 1. The van der Waals surface area contributed by atoms with E-state index in [1.165, 1.54) is 0 Å². The first-order valence-electron chi connectivity index (χ1n) is 8.24. The number of nitrogens with zero attached hydrogens (tertiary/aromatic N) is 3. The van der Waals surface area contributed by atoms with Crippen LogP contribution in [0.1, 0.15) is 29.9 Å². The molecule has 4 rings (SSSR count). The van der Waals surface area contributed by atoms with E-state index < -0.39 is 0 Å². The summed E-state index contributed by atoms with van der Waals surface area (Å²) in [6.45, 7) is 6.85. The Labute approximate surface area is 135 Å². The third kappa shape index (κ3) is 2.63. The van der Waals surface area contributed by atoms with Crippen LogP contribution in [0.3, 0.4) is 0 Å². The lowest BCUT2D eigenvalue weighted by atomic mass is 9.92. The van der Waals surface area contributed by atoms with Crippen LogP contribution in [0, 0.1) is 13.8 Å². The number of fused-ring (bicyclic) bond motifs is 1. The Bertz CT molecular complexity index is 642. The van der Waals surface area contributed by atoms with Gasteiger partial charge in [0.05, 0.1) is 13.1 Å². The lowest BCUT2D eigenvalue weighted by molar-refractivity contribution is 0.0316. The molecule has 2 saturated heterocycles. The highest BCUT2D eigenvalue weighted by Crippen LogP contribution is 2.33. The Hall–Kier alpha value is -1.89. The highest BCUT2D eigenvalue weighted by molar-refractivity contribution is 5.70. The van der Waals surface area contributed by atoms with Gasteiger partial charge in [-0.15, -0.1) is 0 Å². The van der Waals surface area contributed by atoms with Gasteiger partial charge in [0.2, 0.25) is 5.88 Å². The van der Waals surface area contributed by atoms with E-state index in [9.17, 15) is 4.79 Å². The molecule has 0 aliphatic carbocycles. The molecule has 1 N–H and O–H groups in total. The second-order valence-electron chi connectivity index (χ2n) is 6.77. The van der Waals surface area contributed by atoms with E-state index in [2.05, 4.69) is 15.3 Å². The zero-order chi connectivity index (χ0) is 16.0. The van der Waals surface area contributed by atoms with Gasteiger partial charge in [-0.3, -0.25) is 0 Å². The molecule has 3 aliphatic rings. The normalized spacial score (nSPS) is 25.4. The topological polar surface area (TPSA) is 76.6 Å². The van der Waals surface area contributed by atoms with Gasteiger partial charge < -0.3 is 19.7 Å².